The Bertz CT molecular complexity index is 72.1. The molecule has 0 heterocycles. The second-order valence-electron chi connectivity index (χ2n) is 0.888. The van der Waals surface area contributed by atoms with E-state index in [4.69, 9.17) is 0 Å². The number of carbonyl (C=O) groups excluding carboxylic acids is 1. The van der Waals surface area contributed by atoms with Crippen LogP contribution in [-0.4, -0.2) is 13.0 Å². The van der Waals surface area contributed by atoms with Crippen LogP contribution in [0.3, 0.4) is 0 Å². The second-order valence-corrected chi connectivity index (χ2v) is 1.42. The zero-order valence-corrected chi connectivity index (χ0v) is 5.31. The molecule has 0 aromatic carbocycles. The number of halogens is 1. The van der Waals surface area contributed by atoms with Crippen molar-refractivity contribution in [2.24, 2.45) is 0 Å². The molecule has 0 bridgehead atoms. The van der Waals surface area contributed by atoms with E-state index in [-0.39, 0.29) is 0 Å². The molecule has 0 fully saturated rings. The summed E-state index contributed by atoms with van der Waals surface area (Å²) in [5.74, 6) is 0. The Hall–Kier alpha value is -0.310. The molecular weight excluding hydrogens is 158 g/mol. The number of amides is 1. The summed E-state index contributed by atoms with van der Waals surface area (Å²) in [6.07, 6.45) is 2.45. The number of carbonyl (C=O) groups is 1. The van der Waals surface area contributed by atoms with Crippen molar-refractivity contribution in [3.8, 4) is 0 Å². The van der Waals surface area contributed by atoms with E-state index in [0.29, 0.717) is 13.0 Å². The molecule has 7 heavy (non-hydrogen) atoms. The van der Waals surface area contributed by atoms with E-state index in [1.165, 1.54) is 0 Å². The van der Waals surface area contributed by atoms with Crippen LogP contribution in [-0.2, 0) is 4.79 Å². The van der Waals surface area contributed by atoms with Crippen LogP contribution in [0.4, 0.5) is 0 Å². The molecule has 1 amide bonds. The Kier molecular flexibility index (Phi) is 5.44. The minimum Gasteiger partial charge on any atom is -0.355 e. The van der Waals surface area contributed by atoms with Crippen LogP contribution in [0.25, 0.3) is 0 Å². The first kappa shape index (κ1) is 6.69. The Labute approximate surface area is 50.7 Å². The molecule has 2 nitrogen and oxygen atoms in total. The Morgan fingerprint density at radius 1 is 1.71 bits per heavy atom. The first-order valence-electron chi connectivity index (χ1n) is 1.84. The highest BCUT2D eigenvalue weighted by Gasteiger charge is 1.67. The summed E-state index contributed by atoms with van der Waals surface area (Å²) in [4.78, 5) is 11.2. The van der Waals surface area contributed by atoms with Gasteiger partial charge in [0.1, 0.15) is 0 Å². The van der Waals surface area contributed by atoms with Gasteiger partial charge in [0.05, 0.1) is 0 Å². The summed E-state index contributed by atoms with van der Waals surface area (Å²) < 4.78 is 0. The molecule has 0 saturated carbocycles. The van der Waals surface area contributed by atoms with Crippen molar-refractivity contribution in [1.29, 1.82) is 0 Å². The van der Waals surface area contributed by atoms with E-state index in [0.717, 1.165) is 0 Å². The molecule has 0 aromatic heterocycles. The number of rotatable bonds is 3. The average Bonchev–Trinajstić information content (AvgIpc) is 1.69. The molecule has 1 N–H and O–H groups in total. The summed E-state index contributed by atoms with van der Waals surface area (Å²) in [6, 6.07) is 0. The first-order chi connectivity index (χ1) is 3.41. The molecule has 0 unspecified atom stereocenters. The summed E-state index contributed by atoms with van der Waals surface area (Å²) in [5, 5.41) is 2.45. The third-order valence-electron chi connectivity index (χ3n) is 0.408. The van der Waals surface area contributed by atoms with Crippen molar-refractivity contribution in [3.05, 3.63) is 11.1 Å². The van der Waals surface area contributed by atoms with Crippen LogP contribution in [0.5, 0.6) is 0 Å². The van der Waals surface area contributed by atoms with Crippen LogP contribution in [0.1, 0.15) is 0 Å². The Balaban J connectivity index is 2.82. The summed E-state index contributed by atoms with van der Waals surface area (Å²) in [7, 11) is 0. The van der Waals surface area contributed by atoms with Gasteiger partial charge < -0.3 is 5.32 Å². The van der Waals surface area contributed by atoms with Gasteiger partial charge in [-0.1, -0.05) is 22.0 Å². The topological polar surface area (TPSA) is 29.1 Å². The molecule has 3 heteroatoms. The van der Waals surface area contributed by atoms with Crippen molar-refractivity contribution in [2.45, 2.75) is 0 Å². The predicted octanol–water partition coefficient (Wildman–Crippen LogP) is 0.641. The molecule has 0 spiro atoms. The van der Waals surface area contributed by atoms with Crippen molar-refractivity contribution >= 4 is 22.3 Å². The van der Waals surface area contributed by atoms with Crippen molar-refractivity contribution in [1.82, 2.24) is 5.32 Å². The fourth-order valence-electron chi connectivity index (χ4n) is 0.161. The van der Waals surface area contributed by atoms with E-state index >= 15 is 0 Å². The normalized spacial score (nSPS) is 9.29. The number of nitrogens with one attached hydrogen (secondary N) is 1. The maximum Gasteiger partial charge on any atom is 0.207 e. The third-order valence-corrected chi connectivity index (χ3v) is 0.782. The van der Waals surface area contributed by atoms with E-state index in [2.05, 4.69) is 21.2 Å². The molecule has 0 aliphatic carbocycles. The van der Waals surface area contributed by atoms with Gasteiger partial charge in [0, 0.05) is 6.54 Å². The molecular formula is C4H6BrNO. The van der Waals surface area contributed by atoms with E-state index in [1.54, 1.807) is 11.1 Å². The van der Waals surface area contributed by atoms with Crippen LogP contribution < -0.4 is 5.32 Å². The summed E-state index contributed by atoms with van der Waals surface area (Å²) in [5.41, 5.74) is 0. The highest BCUT2D eigenvalue weighted by atomic mass is 79.9. The maximum absolute atomic E-state index is 9.52. The van der Waals surface area contributed by atoms with Gasteiger partial charge in [0.15, 0.2) is 0 Å². The molecule has 0 aliphatic rings. The largest absolute Gasteiger partial charge is 0.355 e. The van der Waals surface area contributed by atoms with Gasteiger partial charge in [-0.2, -0.15) is 0 Å². The first-order valence-corrected chi connectivity index (χ1v) is 2.75. The fraction of sp³-hybridized carbons (Fsp3) is 0.250. The van der Waals surface area contributed by atoms with Crippen LogP contribution >= 0.6 is 15.9 Å². The highest BCUT2D eigenvalue weighted by Crippen LogP contribution is 1.77. The van der Waals surface area contributed by atoms with Gasteiger partial charge in [-0.05, 0) is 4.99 Å². The van der Waals surface area contributed by atoms with Gasteiger partial charge in [-0.25, -0.2) is 0 Å². The van der Waals surface area contributed by atoms with E-state index in [1.807, 2.05) is 0 Å². The van der Waals surface area contributed by atoms with Gasteiger partial charge in [-0.3, -0.25) is 4.79 Å². The van der Waals surface area contributed by atoms with Gasteiger partial charge in [0.25, 0.3) is 0 Å². The lowest BCUT2D eigenvalue weighted by atomic mass is 10.6. The smallest absolute Gasteiger partial charge is 0.207 e. The number of hydrogen-bond acceptors (Lipinski definition) is 1. The minimum absolute atomic E-state index is 0.592. The predicted molar refractivity (Wildman–Crippen MR) is 32.1 cm³/mol. The fourth-order valence-corrected chi connectivity index (χ4v) is 0.348. The highest BCUT2D eigenvalue weighted by molar-refractivity contribution is 9.11. The average molecular weight is 164 g/mol. The van der Waals surface area contributed by atoms with Gasteiger partial charge in [0.2, 0.25) is 6.41 Å². The molecule has 0 atom stereocenters. The quantitative estimate of drug-likeness (QED) is 0.481. The maximum atomic E-state index is 9.52. The van der Waals surface area contributed by atoms with Crippen molar-refractivity contribution in [2.75, 3.05) is 6.54 Å². The van der Waals surface area contributed by atoms with Crippen molar-refractivity contribution in [3.63, 3.8) is 0 Å². The third kappa shape index (κ3) is 5.69. The molecule has 0 radical (unpaired) electrons. The lowest BCUT2D eigenvalue weighted by Crippen LogP contribution is -2.08. The lowest BCUT2D eigenvalue weighted by molar-refractivity contribution is -0.109. The SMILES string of the molecule is O=CNC/C=C/Br. The monoisotopic (exact) mass is 163 g/mol. The van der Waals surface area contributed by atoms with Crippen molar-refractivity contribution < 1.29 is 4.79 Å². The van der Waals surface area contributed by atoms with E-state index in [9.17, 15) is 4.79 Å². The number of hydrogen-bond donors (Lipinski definition) is 1. The minimum atomic E-state index is 0.592. The zero-order chi connectivity index (χ0) is 5.54. The van der Waals surface area contributed by atoms with Gasteiger partial charge in [-0.15, -0.1) is 0 Å². The molecule has 0 saturated heterocycles. The van der Waals surface area contributed by atoms with Crippen LogP contribution in [0, 0.1) is 0 Å². The Morgan fingerprint density at radius 2 is 2.43 bits per heavy atom. The summed E-state index contributed by atoms with van der Waals surface area (Å²) >= 11 is 3.04. The molecule has 0 rings (SSSR count). The second kappa shape index (κ2) is 5.69. The van der Waals surface area contributed by atoms with Crippen LogP contribution in [0.2, 0.25) is 0 Å². The molecule has 0 aliphatic heterocycles. The Morgan fingerprint density at radius 3 is 2.86 bits per heavy atom. The zero-order valence-electron chi connectivity index (χ0n) is 3.73. The molecule has 0 aromatic rings. The molecule has 40 valence electrons. The van der Waals surface area contributed by atoms with Crippen LogP contribution in [0.15, 0.2) is 11.1 Å². The standard InChI is InChI=1S/C4H6BrNO/c5-2-1-3-6-4-7/h1-2,4H,3H2,(H,6,7)/b2-1+. The van der Waals surface area contributed by atoms with E-state index < -0.39 is 0 Å². The van der Waals surface area contributed by atoms with Gasteiger partial charge >= 0.3 is 0 Å². The summed E-state index contributed by atoms with van der Waals surface area (Å²) in [6.45, 7) is 0.592. The lowest BCUT2D eigenvalue weighted by Gasteiger charge is -1.83.